The molecule has 0 atom stereocenters. The molecule has 1 heterocycles. The van der Waals surface area contributed by atoms with E-state index < -0.39 is 0 Å². The Hall–Kier alpha value is -3.39. The summed E-state index contributed by atoms with van der Waals surface area (Å²) >= 11 is 0. The number of carbonyl (C=O) groups excluding carboxylic acids is 1. The minimum Gasteiger partial charge on any atom is -0.481 e. The van der Waals surface area contributed by atoms with Crippen LogP contribution in [0.4, 0.5) is 0 Å². The normalized spacial score (nSPS) is 10.2. The molecule has 25 heavy (non-hydrogen) atoms. The Bertz CT molecular complexity index is 947. The average molecular weight is 331 g/mol. The van der Waals surface area contributed by atoms with Crippen LogP contribution in [0.3, 0.4) is 0 Å². The van der Waals surface area contributed by atoms with Crippen LogP contribution >= 0.6 is 0 Å². The Morgan fingerprint density at radius 3 is 2.68 bits per heavy atom. The molecule has 2 aromatic carbocycles. The van der Waals surface area contributed by atoms with Crippen molar-refractivity contribution in [3.8, 4) is 18.1 Å². The number of nitrogens with zero attached hydrogens (tertiary/aromatic N) is 3. The van der Waals surface area contributed by atoms with Crippen molar-refractivity contribution < 1.29 is 9.53 Å². The molecule has 0 spiro atoms. The van der Waals surface area contributed by atoms with E-state index >= 15 is 0 Å². The van der Waals surface area contributed by atoms with Crippen LogP contribution in [0.15, 0.2) is 54.7 Å². The van der Waals surface area contributed by atoms with Gasteiger partial charge in [-0.3, -0.25) is 9.78 Å². The molecule has 0 bridgehead atoms. The van der Waals surface area contributed by atoms with Crippen LogP contribution in [0.1, 0.15) is 16.1 Å². The van der Waals surface area contributed by atoms with Gasteiger partial charge in [0.05, 0.1) is 17.2 Å². The third-order valence-electron chi connectivity index (χ3n) is 3.71. The highest BCUT2D eigenvalue weighted by molar-refractivity contribution is 5.93. The van der Waals surface area contributed by atoms with Crippen LogP contribution in [0.2, 0.25) is 0 Å². The number of ether oxygens (including phenoxy) is 1. The maximum absolute atomic E-state index is 12.7. The lowest BCUT2D eigenvalue weighted by Gasteiger charge is -2.18. The van der Waals surface area contributed by atoms with Crippen LogP contribution in [-0.4, -0.2) is 34.4 Å². The number of amides is 1. The molecule has 0 aliphatic heterocycles. The van der Waals surface area contributed by atoms with Gasteiger partial charge in [-0.25, -0.2) is 4.98 Å². The topological polar surface area (TPSA) is 55.3 Å². The monoisotopic (exact) mass is 331 g/mol. The Morgan fingerprint density at radius 1 is 1.16 bits per heavy atom. The van der Waals surface area contributed by atoms with Crippen molar-refractivity contribution in [2.45, 2.75) is 6.54 Å². The highest BCUT2D eigenvalue weighted by Gasteiger charge is 2.16. The molecular formula is C20H17N3O2. The van der Waals surface area contributed by atoms with Gasteiger partial charge in [0.1, 0.15) is 18.1 Å². The molecule has 3 rings (SSSR count). The molecule has 1 amide bonds. The second kappa shape index (κ2) is 7.45. The van der Waals surface area contributed by atoms with Crippen molar-refractivity contribution in [1.82, 2.24) is 14.9 Å². The quantitative estimate of drug-likeness (QED) is 0.675. The largest absolute Gasteiger partial charge is 0.481 e. The van der Waals surface area contributed by atoms with E-state index in [-0.39, 0.29) is 12.5 Å². The number of fused-ring (bicyclic) bond motifs is 1. The smallest absolute Gasteiger partial charge is 0.274 e. The average Bonchev–Trinajstić information content (AvgIpc) is 2.66. The minimum absolute atomic E-state index is 0.185. The number of rotatable bonds is 5. The van der Waals surface area contributed by atoms with Crippen molar-refractivity contribution >= 4 is 16.9 Å². The zero-order chi connectivity index (χ0) is 17.6. The molecule has 0 N–H and O–H groups in total. The SMILES string of the molecule is C#CCOc1ccccc1CN(C)C(=O)c1cnc2ccccc2n1. The van der Waals surface area contributed by atoms with Gasteiger partial charge in [-0.2, -0.15) is 0 Å². The van der Waals surface area contributed by atoms with Crippen LogP contribution < -0.4 is 4.74 Å². The van der Waals surface area contributed by atoms with Crippen LogP contribution in [0.25, 0.3) is 11.0 Å². The van der Waals surface area contributed by atoms with Gasteiger partial charge in [-0.15, -0.1) is 6.42 Å². The molecule has 1 aromatic heterocycles. The molecule has 3 aromatic rings. The summed E-state index contributed by atoms with van der Waals surface area (Å²) in [4.78, 5) is 22.9. The third-order valence-corrected chi connectivity index (χ3v) is 3.71. The Morgan fingerprint density at radius 2 is 1.88 bits per heavy atom. The fourth-order valence-corrected chi connectivity index (χ4v) is 2.48. The summed E-state index contributed by atoms with van der Waals surface area (Å²) in [5.74, 6) is 2.91. The molecule has 5 heteroatoms. The van der Waals surface area contributed by atoms with Gasteiger partial charge in [-0.1, -0.05) is 36.3 Å². The Labute approximate surface area is 146 Å². The molecule has 0 aliphatic carbocycles. The van der Waals surface area contributed by atoms with Crippen molar-refractivity contribution in [3.05, 3.63) is 66.0 Å². The fourth-order valence-electron chi connectivity index (χ4n) is 2.48. The van der Waals surface area contributed by atoms with E-state index in [2.05, 4.69) is 15.9 Å². The van der Waals surface area contributed by atoms with E-state index in [4.69, 9.17) is 11.2 Å². The van der Waals surface area contributed by atoms with E-state index in [9.17, 15) is 4.79 Å². The molecule has 0 aliphatic rings. The van der Waals surface area contributed by atoms with Crippen molar-refractivity contribution in [2.24, 2.45) is 0 Å². The van der Waals surface area contributed by atoms with Crippen molar-refractivity contribution in [3.63, 3.8) is 0 Å². The number of para-hydroxylation sites is 3. The van der Waals surface area contributed by atoms with Gasteiger partial charge in [0.2, 0.25) is 0 Å². The molecule has 124 valence electrons. The summed E-state index contributed by atoms with van der Waals surface area (Å²) in [6.07, 6.45) is 6.74. The number of hydrogen-bond donors (Lipinski definition) is 0. The number of aromatic nitrogens is 2. The minimum atomic E-state index is -0.204. The molecule has 0 radical (unpaired) electrons. The van der Waals surface area contributed by atoms with Gasteiger partial charge in [0, 0.05) is 19.2 Å². The molecule has 0 saturated heterocycles. The lowest BCUT2D eigenvalue weighted by atomic mass is 10.2. The highest BCUT2D eigenvalue weighted by Crippen LogP contribution is 2.20. The number of terminal acetylenes is 1. The lowest BCUT2D eigenvalue weighted by molar-refractivity contribution is 0.0778. The third kappa shape index (κ3) is 3.75. The van der Waals surface area contributed by atoms with Gasteiger partial charge in [-0.05, 0) is 18.2 Å². The Balaban J connectivity index is 1.79. The summed E-state index contributed by atoms with van der Waals surface area (Å²) in [5.41, 5.74) is 2.64. The summed E-state index contributed by atoms with van der Waals surface area (Å²) in [6.45, 7) is 0.568. The number of carbonyl (C=O) groups is 1. The summed E-state index contributed by atoms with van der Waals surface area (Å²) in [7, 11) is 1.72. The second-order valence-corrected chi connectivity index (χ2v) is 5.51. The van der Waals surface area contributed by atoms with E-state index in [0.29, 0.717) is 23.5 Å². The molecule has 0 unspecified atom stereocenters. The van der Waals surface area contributed by atoms with Gasteiger partial charge in [0.25, 0.3) is 5.91 Å². The summed E-state index contributed by atoms with van der Waals surface area (Å²) in [5, 5.41) is 0. The molecular weight excluding hydrogens is 314 g/mol. The zero-order valence-electron chi connectivity index (χ0n) is 13.8. The van der Waals surface area contributed by atoms with Crippen LogP contribution in [-0.2, 0) is 6.54 Å². The molecule has 5 nitrogen and oxygen atoms in total. The van der Waals surface area contributed by atoms with Crippen molar-refractivity contribution in [2.75, 3.05) is 13.7 Å². The van der Waals surface area contributed by atoms with Gasteiger partial charge in [0.15, 0.2) is 0 Å². The maximum Gasteiger partial charge on any atom is 0.274 e. The van der Waals surface area contributed by atoms with E-state index in [0.717, 1.165) is 11.1 Å². The van der Waals surface area contributed by atoms with Crippen LogP contribution in [0, 0.1) is 12.3 Å². The van der Waals surface area contributed by atoms with Crippen LogP contribution in [0.5, 0.6) is 5.75 Å². The molecule has 0 saturated carbocycles. The predicted molar refractivity (Wildman–Crippen MR) is 96.1 cm³/mol. The van der Waals surface area contributed by atoms with Crippen molar-refractivity contribution in [1.29, 1.82) is 0 Å². The zero-order valence-corrected chi connectivity index (χ0v) is 13.8. The first-order valence-corrected chi connectivity index (χ1v) is 7.80. The Kier molecular flexibility index (Phi) is 4.91. The van der Waals surface area contributed by atoms with E-state index in [1.807, 2.05) is 48.5 Å². The highest BCUT2D eigenvalue weighted by atomic mass is 16.5. The fraction of sp³-hybridized carbons (Fsp3) is 0.150. The summed E-state index contributed by atoms with van der Waals surface area (Å²) in [6, 6.07) is 15.0. The van der Waals surface area contributed by atoms with E-state index in [1.54, 1.807) is 11.9 Å². The first-order chi connectivity index (χ1) is 12.2. The number of benzene rings is 2. The number of hydrogen-bond acceptors (Lipinski definition) is 4. The maximum atomic E-state index is 12.7. The second-order valence-electron chi connectivity index (χ2n) is 5.51. The predicted octanol–water partition coefficient (Wildman–Crippen LogP) is 2.91. The molecule has 0 fully saturated rings. The summed E-state index contributed by atoms with van der Waals surface area (Å²) < 4.78 is 5.53. The van der Waals surface area contributed by atoms with E-state index in [1.165, 1.54) is 6.20 Å². The first-order valence-electron chi connectivity index (χ1n) is 7.80. The first kappa shape index (κ1) is 16.5. The van der Waals surface area contributed by atoms with Gasteiger partial charge >= 0.3 is 0 Å². The van der Waals surface area contributed by atoms with Gasteiger partial charge < -0.3 is 9.64 Å². The lowest BCUT2D eigenvalue weighted by Crippen LogP contribution is -2.27. The standard InChI is InChI=1S/C20H17N3O2/c1-3-12-25-19-11-7-4-8-15(19)14-23(2)20(24)18-13-21-16-9-5-6-10-17(16)22-18/h1,4-11,13H,12,14H2,2H3.